The molecule has 1 aromatic rings. The minimum absolute atomic E-state index is 0. The highest BCUT2D eigenvalue weighted by Crippen LogP contribution is 2.19. The fourth-order valence-electron chi connectivity index (χ4n) is 3.59. The Kier molecular flexibility index (Phi) is 13.2. The summed E-state index contributed by atoms with van der Waals surface area (Å²) in [4.78, 5) is 21.0. The molecule has 31 heavy (non-hydrogen) atoms. The quantitative estimate of drug-likeness (QED) is 0.148. The number of benzene rings is 1. The number of amides is 1. The lowest BCUT2D eigenvalue weighted by molar-refractivity contribution is -0.133. The van der Waals surface area contributed by atoms with Crippen LogP contribution < -0.4 is 15.4 Å². The molecule has 1 heterocycles. The molecule has 2 rings (SSSR count). The number of nitrogens with one attached hydrogen (secondary N) is 2. The highest BCUT2D eigenvalue weighted by atomic mass is 127. The van der Waals surface area contributed by atoms with Crippen LogP contribution in [0, 0.1) is 0 Å². The standard InChI is InChI=1S/C23H37N5O2.HI/c1-5-17-30-21-13-8-7-11-19(21)18-26-23(24-6-2)25-14-10-16-28-15-9-12-20(28)22(29)27(3)4;/h5,7-8,11,13,20H,1,6,9-10,12,14-18H2,2-4H3,(H2,24,25,26);1H. The van der Waals surface area contributed by atoms with Gasteiger partial charge in [-0.25, -0.2) is 4.99 Å². The van der Waals surface area contributed by atoms with E-state index in [0.717, 1.165) is 62.7 Å². The first-order valence-electron chi connectivity index (χ1n) is 10.9. The summed E-state index contributed by atoms with van der Waals surface area (Å²) in [6, 6.07) is 7.97. The molecule has 1 unspecified atom stereocenters. The zero-order chi connectivity index (χ0) is 21.8. The fourth-order valence-corrected chi connectivity index (χ4v) is 3.59. The van der Waals surface area contributed by atoms with Crippen LogP contribution in [0.4, 0.5) is 0 Å². The van der Waals surface area contributed by atoms with Crippen LogP contribution >= 0.6 is 24.0 Å². The summed E-state index contributed by atoms with van der Waals surface area (Å²) in [5.41, 5.74) is 1.04. The van der Waals surface area contributed by atoms with Gasteiger partial charge in [-0.1, -0.05) is 30.9 Å². The number of nitrogens with zero attached hydrogens (tertiary/aromatic N) is 3. The van der Waals surface area contributed by atoms with Gasteiger partial charge in [-0.05, 0) is 38.8 Å². The Morgan fingerprint density at radius 1 is 1.35 bits per heavy atom. The molecule has 2 N–H and O–H groups in total. The van der Waals surface area contributed by atoms with Gasteiger partial charge < -0.3 is 20.3 Å². The van der Waals surface area contributed by atoms with Crippen molar-refractivity contribution >= 4 is 35.8 Å². The Balaban J connectivity index is 0.00000480. The van der Waals surface area contributed by atoms with Gasteiger partial charge in [0.2, 0.25) is 5.91 Å². The van der Waals surface area contributed by atoms with Crippen LogP contribution in [0.3, 0.4) is 0 Å². The maximum atomic E-state index is 12.3. The number of carbonyl (C=O) groups is 1. The van der Waals surface area contributed by atoms with Crippen LogP contribution in [-0.2, 0) is 11.3 Å². The molecule has 1 atom stereocenters. The second kappa shape index (κ2) is 15.1. The molecule has 1 amide bonds. The first-order valence-corrected chi connectivity index (χ1v) is 10.9. The van der Waals surface area contributed by atoms with Crippen molar-refractivity contribution < 1.29 is 9.53 Å². The van der Waals surface area contributed by atoms with E-state index in [9.17, 15) is 4.79 Å². The number of halogens is 1. The summed E-state index contributed by atoms with van der Waals surface area (Å²) in [5, 5.41) is 6.70. The van der Waals surface area contributed by atoms with E-state index < -0.39 is 0 Å². The molecule has 1 aliphatic rings. The Hall–Kier alpha value is -1.81. The normalized spacial score (nSPS) is 16.4. The minimum Gasteiger partial charge on any atom is -0.489 e. The van der Waals surface area contributed by atoms with E-state index in [-0.39, 0.29) is 35.9 Å². The molecule has 1 aliphatic heterocycles. The molecular weight excluding hydrogens is 505 g/mol. The zero-order valence-electron chi connectivity index (χ0n) is 19.1. The van der Waals surface area contributed by atoms with Crippen LogP contribution in [0.5, 0.6) is 5.75 Å². The van der Waals surface area contributed by atoms with Gasteiger partial charge >= 0.3 is 0 Å². The molecular formula is C23H38IN5O2. The van der Waals surface area contributed by atoms with Crippen molar-refractivity contribution in [3.8, 4) is 5.75 Å². The second-order valence-electron chi connectivity index (χ2n) is 7.61. The number of ether oxygens (including phenoxy) is 1. The first kappa shape index (κ1) is 27.2. The number of likely N-dealkylation sites (tertiary alicyclic amines) is 1. The lowest BCUT2D eigenvalue weighted by atomic mass is 10.2. The fraction of sp³-hybridized carbons (Fsp3) is 0.565. The number of hydrogen-bond acceptors (Lipinski definition) is 4. The molecule has 0 saturated carbocycles. The van der Waals surface area contributed by atoms with E-state index in [1.165, 1.54) is 0 Å². The Bertz CT molecular complexity index is 711. The topological polar surface area (TPSA) is 69.2 Å². The summed E-state index contributed by atoms with van der Waals surface area (Å²) in [7, 11) is 3.67. The third-order valence-electron chi connectivity index (χ3n) is 5.09. The van der Waals surface area contributed by atoms with Gasteiger partial charge in [-0.3, -0.25) is 9.69 Å². The third-order valence-corrected chi connectivity index (χ3v) is 5.09. The van der Waals surface area contributed by atoms with Gasteiger partial charge in [0.25, 0.3) is 0 Å². The van der Waals surface area contributed by atoms with Gasteiger partial charge in [-0.15, -0.1) is 24.0 Å². The average Bonchev–Trinajstić information content (AvgIpc) is 3.21. The molecule has 0 bridgehead atoms. The lowest BCUT2D eigenvalue weighted by Crippen LogP contribution is -2.44. The lowest BCUT2D eigenvalue weighted by Gasteiger charge is -2.26. The maximum absolute atomic E-state index is 12.3. The van der Waals surface area contributed by atoms with Gasteiger partial charge in [0.1, 0.15) is 12.4 Å². The number of carbonyl (C=O) groups excluding carboxylic acids is 1. The van der Waals surface area contributed by atoms with E-state index in [4.69, 9.17) is 9.73 Å². The van der Waals surface area contributed by atoms with Crippen molar-refractivity contribution in [1.29, 1.82) is 0 Å². The Morgan fingerprint density at radius 3 is 2.84 bits per heavy atom. The predicted molar refractivity (Wildman–Crippen MR) is 138 cm³/mol. The maximum Gasteiger partial charge on any atom is 0.239 e. The van der Waals surface area contributed by atoms with Crippen molar-refractivity contribution in [2.45, 2.75) is 38.8 Å². The zero-order valence-corrected chi connectivity index (χ0v) is 21.4. The number of aliphatic imine (C=N–C) groups is 1. The van der Waals surface area contributed by atoms with Crippen molar-refractivity contribution in [2.24, 2.45) is 4.99 Å². The summed E-state index contributed by atoms with van der Waals surface area (Å²) in [6.45, 7) is 10.3. The highest BCUT2D eigenvalue weighted by Gasteiger charge is 2.30. The number of rotatable bonds is 11. The number of likely N-dealkylation sites (N-methyl/N-ethyl adjacent to an activating group) is 1. The average molecular weight is 543 g/mol. The van der Waals surface area contributed by atoms with E-state index in [2.05, 4.69) is 29.0 Å². The molecule has 1 fully saturated rings. The first-order chi connectivity index (χ1) is 14.6. The van der Waals surface area contributed by atoms with E-state index in [1.807, 2.05) is 38.4 Å². The minimum atomic E-state index is 0. The largest absolute Gasteiger partial charge is 0.489 e. The number of para-hydroxylation sites is 1. The van der Waals surface area contributed by atoms with Crippen LogP contribution in [-0.4, -0.2) is 74.6 Å². The SMILES string of the molecule is C=CCOc1ccccc1CN=C(NCC)NCCCN1CCCC1C(=O)N(C)C.I. The molecule has 8 heteroatoms. The molecule has 1 saturated heterocycles. The van der Waals surface area contributed by atoms with Gasteiger partial charge in [0.05, 0.1) is 12.6 Å². The number of guanidine groups is 1. The van der Waals surface area contributed by atoms with Crippen molar-refractivity contribution in [3.63, 3.8) is 0 Å². The van der Waals surface area contributed by atoms with Gasteiger partial charge in [-0.2, -0.15) is 0 Å². The molecule has 0 aliphatic carbocycles. The van der Waals surface area contributed by atoms with E-state index >= 15 is 0 Å². The summed E-state index contributed by atoms with van der Waals surface area (Å²) >= 11 is 0. The molecule has 0 aromatic heterocycles. The second-order valence-corrected chi connectivity index (χ2v) is 7.61. The van der Waals surface area contributed by atoms with Crippen LogP contribution in [0.2, 0.25) is 0 Å². The molecule has 0 radical (unpaired) electrons. The molecule has 0 spiro atoms. The van der Waals surface area contributed by atoms with E-state index in [1.54, 1.807) is 11.0 Å². The molecule has 174 valence electrons. The van der Waals surface area contributed by atoms with E-state index in [0.29, 0.717) is 13.2 Å². The summed E-state index contributed by atoms with van der Waals surface area (Å²) < 4.78 is 5.72. The summed E-state index contributed by atoms with van der Waals surface area (Å²) in [6.07, 6.45) is 4.75. The van der Waals surface area contributed by atoms with Crippen LogP contribution in [0.1, 0.15) is 31.7 Å². The van der Waals surface area contributed by atoms with Crippen molar-refractivity contribution in [2.75, 3.05) is 46.9 Å². The van der Waals surface area contributed by atoms with Gasteiger partial charge in [0.15, 0.2) is 5.96 Å². The van der Waals surface area contributed by atoms with Gasteiger partial charge in [0, 0.05) is 39.3 Å². The molecule has 7 nitrogen and oxygen atoms in total. The monoisotopic (exact) mass is 543 g/mol. The number of hydrogen-bond donors (Lipinski definition) is 2. The predicted octanol–water partition coefficient (Wildman–Crippen LogP) is 2.87. The van der Waals surface area contributed by atoms with Crippen LogP contribution in [0.15, 0.2) is 41.9 Å². The Morgan fingerprint density at radius 2 is 2.13 bits per heavy atom. The smallest absolute Gasteiger partial charge is 0.239 e. The van der Waals surface area contributed by atoms with Crippen LogP contribution in [0.25, 0.3) is 0 Å². The molecule has 1 aromatic carbocycles. The summed E-state index contributed by atoms with van der Waals surface area (Å²) in [5.74, 6) is 1.84. The van der Waals surface area contributed by atoms with Crippen molar-refractivity contribution in [1.82, 2.24) is 20.4 Å². The van der Waals surface area contributed by atoms with Crippen molar-refractivity contribution in [3.05, 3.63) is 42.5 Å². The highest BCUT2D eigenvalue weighted by molar-refractivity contribution is 14.0. The third kappa shape index (κ3) is 9.06. The Labute approximate surface area is 204 Å².